The van der Waals surface area contributed by atoms with E-state index in [-0.39, 0.29) is 0 Å². The molecule has 0 fully saturated rings. The lowest BCUT2D eigenvalue weighted by Crippen LogP contribution is -2.41. The van der Waals surface area contributed by atoms with Crippen molar-refractivity contribution in [1.29, 1.82) is 0 Å². The Balaban J connectivity index is 4.35. The van der Waals surface area contributed by atoms with E-state index in [0.717, 1.165) is 11.2 Å². The van der Waals surface area contributed by atoms with Crippen molar-refractivity contribution in [3.63, 3.8) is 0 Å². The Hall–Kier alpha value is -1.35. The topological polar surface area (TPSA) is 113 Å². The second kappa shape index (κ2) is 4.94. The molecule has 0 aromatic heterocycles. The van der Waals surface area contributed by atoms with Crippen molar-refractivity contribution in [3.05, 3.63) is 0 Å². The summed E-state index contributed by atoms with van der Waals surface area (Å²) >= 11 is 0. The summed E-state index contributed by atoms with van der Waals surface area (Å²) in [4.78, 5) is 21.1. The number of carboxylic acids is 1. The molecule has 1 amide bonds. The lowest BCUT2D eigenvalue weighted by Gasteiger charge is -2.13. The molecular weight excluding hydrogens is 228 g/mol. The van der Waals surface area contributed by atoms with Gasteiger partial charge in [0, 0.05) is 14.1 Å². The van der Waals surface area contributed by atoms with Crippen LogP contribution in [0, 0.1) is 0 Å². The number of ether oxygens (including phenoxy) is 1. The zero-order chi connectivity index (χ0) is 12.2. The highest BCUT2D eigenvalue weighted by molar-refractivity contribution is 7.87. The lowest BCUT2D eigenvalue weighted by molar-refractivity contribution is -0.145. The molecule has 9 heteroatoms. The molecular formula is C6H12N2O6S. The molecule has 0 heterocycles. The number of carboxylic acid groups (broad SMARTS) is 1. The Morgan fingerprint density at radius 2 is 1.87 bits per heavy atom. The maximum Gasteiger partial charge on any atom is 0.422 e. The van der Waals surface area contributed by atoms with E-state index in [1.54, 1.807) is 0 Å². The summed E-state index contributed by atoms with van der Waals surface area (Å²) in [5, 5.41) is 8.37. The van der Waals surface area contributed by atoms with E-state index in [0.29, 0.717) is 0 Å². The molecule has 1 unspecified atom stereocenters. The monoisotopic (exact) mass is 240 g/mol. The van der Waals surface area contributed by atoms with Crippen LogP contribution in [0.2, 0.25) is 0 Å². The summed E-state index contributed by atoms with van der Waals surface area (Å²) in [5.41, 5.74) is 0. The van der Waals surface area contributed by atoms with E-state index in [9.17, 15) is 18.0 Å². The van der Waals surface area contributed by atoms with Crippen LogP contribution in [0.3, 0.4) is 0 Å². The van der Waals surface area contributed by atoms with Crippen molar-refractivity contribution in [1.82, 2.24) is 9.03 Å². The average Bonchev–Trinajstić information content (AvgIpc) is 2.01. The summed E-state index contributed by atoms with van der Waals surface area (Å²) in [5.74, 6) is -1.37. The van der Waals surface area contributed by atoms with Gasteiger partial charge in [0.1, 0.15) is 0 Å². The molecule has 0 rings (SSSR count). The van der Waals surface area contributed by atoms with Gasteiger partial charge in [0.25, 0.3) is 0 Å². The largest absolute Gasteiger partial charge is 0.479 e. The molecule has 0 saturated heterocycles. The Labute approximate surface area is 87.0 Å². The highest BCUT2D eigenvalue weighted by atomic mass is 32.2. The predicted octanol–water partition coefficient (Wildman–Crippen LogP) is -1.01. The van der Waals surface area contributed by atoms with Crippen LogP contribution in [0.25, 0.3) is 0 Å². The maximum atomic E-state index is 11.1. The van der Waals surface area contributed by atoms with Crippen LogP contribution in [0.5, 0.6) is 0 Å². The highest BCUT2D eigenvalue weighted by Gasteiger charge is 2.22. The second-order valence-electron chi connectivity index (χ2n) is 2.78. The fraction of sp³-hybridized carbons (Fsp3) is 0.667. The van der Waals surface area contributed by atoms with Crippen LogP contribution in [0.1, 0.15) is 6.92 Å². The van der Waals surface area contributed by atoms with Crippen molar-refractivity contribution in [2.24, 2.45) is 0 Å². The Bertz CT molecular complexity index is 349. The summed E-state index contributed by atoms with van der Waals surface area (Å²) in [6.07, 6.45) is -2.75. The Morgan fingerprint density at radius 1 is 1.40 bits per heavy atom. The van der Waals surface area contributed by atoms with Crippen LogP contribution >= 0.6 is 0 Å². The third kappa shape index (κ3) is 4.61. The number of rotatable bonds is 4. The summed E-state index contributed by atoms with van der Waals surface area (Å²) < 4.78 is 28.6. The van der Waals surface area contributed by atoms with E-state index in [2.05, 4.69) is 4.74 Å². The van der Waals surface area contributed by atoms with Crippen LogP contribution in [0.4, 0.5) is 4.79 Å². The van der Waals surface area contributed by atoms with Crippen molar-refractivity contribution < 1.29 is 27.9 Å². The Morgan fingerprint density at radius 3 is 2.20 bits per heavy atom. The van der Waals surface area contributed by atoms with Crippen molar-refractivity contribution in [2.45, 2.75) is 13.0 Å². The highest BCUT2D eigenvalue weighted by Crippen LogP contribution is 1.94. The summed E-state index contributed by atoms with van der Waals surface area (Å²) in [6, 6.07) is 0. The third-order valence-corrected chi connectivity index (χ3v) is 2.71. The molecule has 15 heavy (non-hydrogen) atoms. The molecule has 1 atom stereocenters. The lowest BCUT2D eigenvalue weighted by atomic mass is 10.4. The quantitative estimate of drug-likeness (QED) is 0.651. The van der Waals surface area contributed by atoms with Gasteiger partial charge < -0.3 is 9.84 Å². The van der Waals surface area contributed by atoms with Gasteiger partial charge in [-0.3, -0.25) is 0 Å². The summed E-state index contributed by atoms with van der Waals surface area (Å²) in [6.45, 7) is 1.10. The van der Waals surface area contributed by atoms with Gasteiger partial charge in [-0.25, -0.2) is 14.3 Å². The number of carbonyl (C=O) groups is 2. The number of hydrogen-bond donors (Lipinski definition) is 2. The van der Waals surface area contributed by atoms with Crippen LogP contribution < -0.4 is 4.72 Å². The predicted molar refractivity (Wildman–Crippen MR) is 49.3 cm³/mol. The number of nitrogens with zero attached hydrogens (tertiary/aromatic N) is 1. The smallest absolute Gasteiger partial charge is 0.422 e. The minimum absolute atomic E-state index is 0.750. The van der Waals surface area contributed by atoms with Gasteiger partial charge in [0.15, 0.2) is 6.10 Å². The van der Waals surface area contributed by atoms with Gasteiger partial charge in [0.05, 0.1) is 0 Å². The molecule has 0 saturated carbocycles. The van der Waals surface area contributed by atoms with E-state index in [1.165, 1.54) is 18.8 Å². The van der Waals surface area contributed by atoms with E-state index in [4.69, 9.17) is 5.11 Å². The number of nitrogens with one attached hydrogen (secondary N) is 1. The molecule has 0 bridgehead atoms. The summed E-state index contributed by atoms with van der Waals surface area (Å²) in [7, 11) is -1.54. The minimum atomic E-state index is -3.95. The fourth-order valence-corrected chi connectivity index (χ4v) is 0.873. The molecule has 0 aromatic rings. The van der Waals surface area contributed by atoms with Gasteiger partial charge in [-0.15, -0.1) is 0 Å². The molecule has 88 valence electrons. The first-order valence-corrected chi connectivity index (χ1v) is 5.24. The van der Waals surface area contributed by atoms with Gasteiger partial charge in [-0.1, -0.05) is 0 Å². The SMILES string of the molecule is CC(OC(=O)NS(=O)(=O)N(C)C)C(=O)O. The van der Waals surface area contributed by atoms with E-state index < -0.39 is 28.4 Å². The van der Waals surface area contributed by atoms with Crippen LogP contribution in [-0.2, 0) is 19.7 Å². The van der Waals surface area contributed by atoms with Gasteiger partial charge in [0.2, 0.25) is 0 Å². The number of hydrogen-bond acceptors (Lipinski definition) is 5. The molecule has 0 aliphatic carbocycles. The molecule has 0 aliphatic heterocycles. The molecule has 2 N–H and O–H groups in total. The number of amides is 1. The standard InChI is InChI=1S/C6H12N2O6S/c1-4(5(9)10)14-6(11)7-15(12,13)8(2)3/h4H,1-3H3,(H,7,11)(H,9,10). The first-order chi connectivity index (χ1) is 6.66. The van der Waals surface area contributed by atoms with Crippen molar-refractivity contribution >= 4 is 22.3 Å². The number of carbonyl (C=O) groups excluding carboxylic acids is 1. The first-order valence-electron chi connectivity index (χ1n) is 3.80. The van der Waals surface area contributed by atoms with E-state index >= 15 is 0 Å². The van der Waals surface area contributed by atoms with Crippen molar-refractivity contribution in [3.8, 4) is 0 Å². The molecule has 8 nitrogen and oxygen atoms in total. The van der Waals surface area contributed by atoms with E-state index in [1.807, 2.05) is 0 Å². The van der Waals surface area contributed by atoms with Gasteiger partial charge in [-0.2, -0.15) is 12.7 Å². The minimum Gasteiger partial charge on any atom is -0.479 e. The fourth-order valence-electron chi connectivity index (χ4n) is 0.432. The average molecular weight is 240 g/mol. The molecule has 0 aliphatic rings. The second-order valence-corrected chi connectivity index (χ2v) is 4.66. The first kappa shape index (κ1) is 13.7. The molecule has 0 radical (unpaired) electrons. The normalized spacial score (nSPS) is 13.3. The third-order valence-electron chi connectivity index (χ3n) is 1.32. The van der Waals surface area contributed by atoms with Crippen LogP contribution in [-0.4, -0.2) is 50.1 Å². The maximum absolute atomic E-state index is 11.1. The van der Waals surface area contributed by atoms with Crippen molar-refractivity contribution in [2.75, 3.05) is 14.1 Å². The molecule has 0 spiro atoms. The molecule has 0 aromatic carbocycles. The van der Waals surface area contributed by atoms with Gasteiger partial charge >= 0.3 is 22.3 Å². The van der Waals surface area contributed by atoms with Crippen LogP contribution in [0.15, 0.2) is 0 Å². The zero-order valence-corrected chi connectivity index (χ0v) is 9.24. The van der Waals surface area contributed by atoms with Gasteiger partial charge in [-0.05, 0) is 6.92 Å². The Kier molecular flexibility index (Phi) is 4.49. The zero-order valence-electron chi connectivity index (χ0n) is 8.42. The number of aliphatic carboxylic acids is 1.